The number of urea groups is 1. The lowest BCUT2D eigenvalue weighted by Crippen LogP contribution is -2.40. The highest BCUT2D eigenvalue weighted by Gasteiger charge is 2.25. The zero-order valence-electron chi connectivity index (χ0n) is 14.3. The first kappa shape index (κ1) is 20.6. The normalized spacial score (nSPS) is 15.4. The van der Waals surface area contributed by atoms with Crippen molar-refractivity contribution in [2.45, 2.75) is 4.90 Å². The number of hydrogen-bond donors (Lipinski definition) is 2. The summed E-state index contributed by atoms with van der Waals surface area (Å²) in [7, 11) is -3.58. The van der Waals surface area contributed by atoms with Crippen molar-refractivity contribution in [1.82, 2.24) is 9.62 Å². The number of carbonyl (C=O) groups is 3. The summed E-state index contributed by atoms with van der Waals surface area (Å²) in [6.07, 6.45) is 2.47. The number of nitrogens with zero attached hydrogens (tertiary/aromatic N) is 1. The molecule has 0 saturated carbocycles. The maximum Gasteiger partial charge on any atom is 0.331 e. The molecule has 27 heavy (non-hydrogen) atoms. The van der Waals surface area contributed by atoms with Gasteiger partial charge in [-0.1, -0.05) is 12.1 Å². The predicted molar refractivity (Wildman–Crippen MR) is 93.7 cm³/mol. The lowest BCUT2D eigenvalue weighted by molar-refractivity contribution is -0.143. The third-order valence-corrected chi connectivity index (χ3v) is 5.42. The topological polar surface area (TPSA) is 145 Å². The second kappa shape index (κ2) is 9.26. The minimum Gasteiger partial charge on any atom is -0.452 e. The van der Waals surface area contributed by atoms with Gasteiger partial charge in [-0.3, -0.25) is 10.1 Å². The Balaban J connectivity index is 1.92. The molecular formula is C16H19N3O7S. The minimum atomic E-state index is -3.58. The maximum atomic E-state index is 12.5. The van der Waals surface area contributed by atoms with Gasteiger partial charge < -0.3 is 15.2 Å². The number of nitrogens with one attached hydrogen (secondary N) is 1. The van der Waals surface area contributed by atoms with Gasteiger partial charge in [-0.25, -0.2) is 18.0 Å². The van der Waals surface area contributed by atoms with E-state index in [9.17, 15) is 22.8 Å². The Labute approximate surface area is 156 Å². The summed E-state index contributed by atoms with van der Waals surface area (Å²) < 4.78 is 36.1. The van der Waals surface area contributed by atoms with E-state index >= 15 is 0 Å². The van der Waals surface area contributed by atoms with E-state index in [2.05, 4.69) is 4.74 Å². The molecule has 2 rings (SSSR count). The Hall–Kier alpha value is -2.76. The van der Waals surface area contributed by atoms with Crippen molar-refractivity contribution in [3.63, 3.8) is 0 Å². The van der Waals surface area contributed by atoms with Gasteiger partial charge in [0.15, 0.2) is 6.61 Å². The van der Waals surface area contributed by atoms with E-state index in [1.54, 1.807) is 5.32 Å². The molecule has 146 valence electrons. The monoisotopic (exact) mass is 397 g/mol. The van der Waals surface area contributed by atoms with Crippen LogP contribution in [0.25, 0.3) is 6.08 Å². The first-order valence-corrected chi connectivity index (χ1v) is 9.35. The van der Waals surface area contributed by atoms with Gasteiger partial charge in [0.05, 0.1) is 18.1 Å². The molecule has 1 heterocycles. The molecule has 1 aromatic carbocycles. The van der Waals surface area contributed by atoms with Gasteiger partial charge in [-0.15, -0.1) is 0 Å². The molecule has 1 aromatic rings. The number of primary amides is 1. The number of nitrogens with two attached hydrogens (primary N) is 1. The van der Waals surface area contributed by atoms with Crippen molar-refractivity contribution < 1.29 is 32.3 Å². The molecule has 0 aromatic heterocycles. The third-order valence-electron chi connectivity index (χ3n) is 3.51. The molecule has 1 aliphatic heterocycles. The van der Waals surface area contributed by atoms with Crippen LogP contribution in [-0.2, 0) is 29.1 Å². The van der Waals surface area contributed by atoms with Crippen LogP contribution in [0.5, 0.6) is 0 Å². The Morgan fingerprint density at radius 1 is 1.19 bits per heavy atom. The van der Waals surface area contributed by atoms with E-state index in [0.29, 0.717) is 31.9 Å². The summed E-state index contributed by atoms with van der Waals surface area (Å²) >= 11 is 0. The number of carbonyl (C=O) groups excluding carboxylic acids is 3. The summed E-state index contributed by atoms with van der Waals surface area (Å²) in [5.41, 5.74) is 5.31. The summed E-state index contributed by atoms with van der Waals surface area (Å²) in [6, 6.07) is 4.92. The number of morpholine rings is 1. The van der Waals surface area contributed by atoms with E-state index in [1.165, 1.54) is 34.6 Å². The number of hydrogen-bond acceptors (Lipinski definition) is 7. The van der Waals surface area contributed by atoms with Gasteiger partial charge in [0, 0.05) is 19.2 Å². The molecule has 1 fully saturated rings. The van der Waals surface area contributed by atoms with Crippen molar-refractivity contribution in [1.29, 1.82) is 0 Å². The number of imide groups is 1. The summed E-state index contributed by atoms with van der Waals surface area (Å²) in [5.74, 6) is -1.65. The molecule has 0 radical (unpaired) electrons. The fourth-order valence-electron chi connectivity index (χ4n) is 2.21. The largest absolute Gasteiger partial charge is 0.452 e. The number of esters is 1. The highest BCUT2D eigenvalue weighted by atomic mass is 32.2. The van der Waals surface area contributed by atoms with Gasteiger partial charge in [-0.2, -0.15) is 4.31 Å². The van der Waals surface area contributed by atoms with E-state index in [1.807, 2.05) is 0 Å². The first-order valence-electron chi connectivity index (χ1n) is 7.91. The van der Waals surface area contributed by atoms with E-state index in [-0.39, 0.29) is 4.90 Å². The third kappa shape index (κ3) is 6.16. The molecule has 11 heteroatoms. The van der Waals surface area contributed by atoms with Crippen LogP contribution in [0.1, 0.15) is 5.56 Å². The number of amides is 3. The lowest BCUT2D eigenvalue weighted by atomic mass is 10.2. The van der Waals surface area contributed by atoms with Crippen LogP contribution in [0, 0.1) is 0 Å². The second-order valence-electron chi connectivity index (χ2n) is 5.44. The molecule has 3 amide bonds. The van der Waals surface area contributed by atoms with Gasteiger partial charge >= 0.3 is 12.0 Å². The van der Waals surface area contributed by atoms with Gasteiger partial charge in [0.25, 0.3) is 5.91 Å². The maximum absolute atomic E-state index is 12.5. The van der Waals surface area contributed by atoms with Crippen molar-refractivity contribution in [3.05, 3.63) is 35.9 Å². The van der Waals surface area contributed by atoms with Gasteiger partial charge in [0.2, 0.25) is 10.0 Å². The SMILES string of the molecule is NC(=O)NC(=O)COC(=O)C=Cc1ccc(S(=O)(=O)N2CCOCC2)cc1. The van der Waals surface area contributed by atoms with E-state index in [0.717, 1.165) is 6.08 Å². The zero-order chi connectivity index (χ0) is 19.9. The van der Waals surface area contributed by atoms with E-state index in [4.69, 9.17) is 10.5 Å². The predicted octanol–water partition coefficient (Wildman–Crippen LogP) is -0.541. The quantitative estimate of drug-likeness (QED) is 0.484. The molecule has 0 spiro atoms. The molecule has 0 aliphatic carbocycles. The van der Waals surface area contributed by atoms with Crippen LogP contribution in [0.3, 0.4) is 0 Å². The Bertz CT molecular complexity index is 828. The molecule has 0 bridgehead atoms. The van der Waals surface area contributed by atoms with Crippen LogP contribution in [0.15, 0.2) is 35.2 Å². The van der Waals surface area contributed by atoms with Crippen LogP contribution in [0.2, 0.25) is 0 Å². The highest BCUT2D eigenvalue weighted by molar-refractivity contribution is 7.89. The Kier molecular flexibility index (Phi) is 7.05. The number of sulfonamides is 1. The standard InChI is InChI=1S/C16H19N3O7S/c17-16(22)18-14(20)11-26-15(21)6-3-12-1-4-13(5-2-12)27(23,24)19-7-9-25-10-8-19/h1-6H,7-11H2,(H3,17,18,20,22). The number of ether oxygens (including phenoxy) is 2. The van der Waals surface area contributed by atoms with Crippen LogP contribution < -0.4 is 11.1 Å². The van der Waals surface area contributed by atoms with Crippen molar-refractivity contribution in [2.75, 3.05) is 32.9 Å². The van der Waals surface area contributed by atoms with Crippen LogP contribution in [0.4, 0.5) is 4.79 Å². The van der Waals surface area contributed by atoms with E-state index < -0.39 is 34.5 Å². The molecule has 3 N–H and O–H groups in total. The number of benzene rings is 1. The summed E-state index contributed by atoms with van der Waals surface area (Å²) in [4.78, 5) is 33.2. The van der Waals surface area contributed by atoms with Crippen molar-refractivity contribution in [2.24, 2.45) is 5.73 Å². The fraction of sp³-hybridized carbons (Fsp3) is 0.312. The summed E-state index contributed by atoms with van der Waals surface area (Å²) in [5, 5.41) is 1.75. The average Bonchev–Trinajstić information content (AvgIpc) is 2.65. The smallest absolute Gasteiger partial charge is 0.331 e. The lowest BCUT2D eigenvalue weighted by Gasteiger charge is -2.26. The zero-order valence-corrected chi connectivity index (χ0v) is 15.1. The second-order valence-corrected chi connectivity index (χ2v) is 7.38. The molecule has 1 saturated heterocycles. The highest BCUT2D eigenvalue weighted by Crippen LogP contribution is 2.18. The van der Waals surface area contributed by atoms with Gasteiger partial charge in [-0.05, 0) is 23.8 Å². The molecule has 0 atom stereocenters. The molecule has 10 nitrogen and oxygen atoms in total. The Morgan fingerprint density at radius 2 is 1.81 bits per heavy atom. The minimum absolute atomic E-state index is 0.146. The van der Waals surface area contributed by atoms with Gasteiger partial charge in [0.1, 0.15) is 0 Å². The molecule has 0 unspecified atom stereocenters. The number of rotatable bonds is 6. The fourth-order valence-corrected chi connectivity index (χ4v) is 3.62. The molecular weight excluding hydrogens is 378 g/mol. The first-order chi connectivity index (χ1) is 12.8. The molecule has 1 aliphatic rings. The van der Waals surface area contributed by atoms with Crippen molar-refractivity contribution in [3.8, 4) is 0 Å². The van der Waals surface area contributed by atoms with Crippen LogP contribution >= 0.6 is 0 Å². The van der Waals surface area contributed by atoms with Crippen LogP contribution in [-0.4, -0.2) is 63.5 Å². The average molecular weight is 397 g/mol. The Morgan fingerprint density at radius 3 is 2.41 bits per heavy atom. The summed E-state index contributed by atoms with van der Waals surface area (Å²) in [6.45, 7) is 0.681. The van der Waals surface area contributed by atoms with Crippen molar-refractivity contribution >= 4 is 34.0 Å².